The molecule has 4 nitrogen and oxygen atoms in total. The lowest BCUT2D eigenvalue weighted by Gasteiger charge is -2.10. The summed E-state index contributed by atoms with van der Waals surface area (Å²) in [6.45, 7) is 0. The fourth-order valence-corrected chi connectivity index (χ4v) is 2.63. The Morgan fingerprint density at radius 1 is 0.458 bits per heavy atom. The van der Waals surface area contributed by atoms with Gasteiger partial charge in [0.15, 0.2) is 5.82 Å². The Balaban J connectivity index is 1.92. The summed E-state index contributed by atoms with van der Waals surface area (Å²) >= 11 is 0. The van der Waals surface area contributed by atoms with Crippen LogP contribution in [0.5, 0.6) is 0 Å². The van der Waals surface area contributed by atoms with Crippen LogP contribution in [-0.4, -0.2) is 19.9 Å². The lowest BCUT2D eigenvalue weighted by atomic mass is 9.97. The zero-order valence-electron chi connectivity index (χ0n) is 12.9. The number of nitrogens with zero attached hydrogens (tertiary/aromatic N) is 4. The van der Waals surface area contributed by atoms with Crippen LogP contribution in [0.1, 0.15) is 0 Å². The number of rotatable bonds is 3. The summed E-state index contributed by atoms with van der Waals surface area (Å²) in [7, 11) is 0. The molecule has 0 atom stereocenters. The summed E-state index contributed by atoms with van der Waals surface area (Å²) in [6, 6.07) is 16.2. The summed E-state index contributed by atoms with van der Waals surface area (Å²) < 4.78 is 0. The standard InChI is InChI=1S/C20H14N4/c1-6-23-20(24-7-1)19-13-17(15-2-8-21-9-3-15)12-18(14-19)16-4-10-22-11-5-16/h1-14H. The first kappa shape index (κ1) is 14.2. The van der Waals surface area contributed by atoms with Gasteiger partial charge in [0.05, 0.1) is 0 Å². The van der Waals surface area contributed by atoms with E-state index < -0.39 is 0 Å². The first-order valence-electron chi connectivity index (χ1n) is 7.63. The highest BCUT2D eigenvalue weighted by atomic mass is 14.8. The minimum atomic E-state index is 0.712. The van der Waals surface area contributed by atoms with Crippen molar-refractivity contribution in [1.29, 1.82) is 0 Å². The molecule has 3 heterocycles. The summed E-state index contributed by atoms with van der Waals surface area (Å²) in [5.41, 5.74) is 5.41. The van der Waals surface area contributed by atoms with E-state index in [2.05, 4.69) is 38.1 Å². The normalized spacial score (nSPS) is 10.5. The highest BCUT2D eigenvalue weighted by Crippen LogP contribution is 2.31. The molecule has 0 aliphatic rings. The highest BCUT2D eigenvalue weighted by Gasteiger charge is 2.08. The first-order chi connectivity index (χ1) is 11.9. The van der Waals surface area contributed by atoms with E-state index in [1.54, 1.807) is 37.2 Å². The summed E-state index contributed by atoms with van der Waals surface area (Å²) in [5.74, 6) is 0.712. The molecule has 0 N–H and O–H groups in total. The molecule has 0 aliphatic carbocycles. The van der Waals surface area contributed by atoms with Gasteiger partial charge < -0.3 is 0 Å². The fourth-order valence-electron chi connectivity index (χ4n) is 2.63. The van der Waals surface area contributed by atoms with Gasteiger partial charge in [-0.15, -0.1) is 0 Å². The largest absolute Gasteiger partial charge is 0.265 e. The molecule has 24 heavy (non-hydrogen) atoms. The van der Waals surface area contributed by atoms with Gasteiger partial charge in [0, 0.05) is 42.7 Å². The molecule has 4 heteroatoms. The van der Waals surface area contributed by atoms with E-state index in [1.165, 1.54) is 0 Å². The van der Waals surface area contributed by atoms with Gasteiger partial charge in [-0.25, -0.2) is 9.97 Å². The molecule has 0 saturated heterocycles. The molecular weight excluding hydrogens is 296 g/mol. The predicted octanol–water partition coefficient (Wildman–Crippen LogP) is 4.27. The molecule has 0 spiro atoms. The number of aromatic nitrogens is 4. The van der Waals surface area contributed by atoms with Gasteiger partial charge >= 0.3 is 0 Å². The Morgan fingerprint density at radius 3 is 1.42 bits per heavy atom. The number of pyridine rings is 2. The first-order valence-corrected chi connectivity index (χ1v) is 7.63. The Kier molecular flexibility index (Phi) is 3.78. The van der Waals surface area contributed by atoms with Crippen LogP contribution in [0.15, 0.2) is 85.7 Å². The van der Waals surface area contributed by atoms with Crippen LogP contribution in [0, 0.1) is 0 Å². The molecule has 0 bridgehead atoms. The van der Waals surface area contributed by atoms with Gasteiger partial charge in [-0.2, -0.15) is 0 Å². The second-order valence-corrected chi connectivity index (χ2v) is 5.34. The van der Waals surface area contributed by atoms with Crippen LogP contribution in [0.4, 0.5) is 0 Å². The molecule has 0 saturated carbocycles. The van der Waals surface area contributed by atoms with E-state index in [0.29, 0.717) is 5.82 Å². The Bertz CT molecular complexity index is 799. The van der Waals surface area contributed by atoms with E-state index in [9.17, 15) is 0 Å². The van der Waals surface area contributed by atoms with Crippen LogP contribution in [-0.2, 0) is 0 Å². The number of benzene rings is 1. The molecule has 4 rings (SSSR count). The quantitative estimate of drug-likeness (QED) is 0.567. The summed E-state index contributed by atoms with van der Waals surface area (Å²) in [5, 5.41) is 0. The molecule has 0 aliphatic heterocycles. The van der Waals surface area contributed by atoms with Crippen molar-refractivity contribution in [3.8, 4) is 33.6 Å². The average Bonchev–Trinajstić information content (AvgIpc) is 2.70. The molecule has 0 radical (unpaired) electrons. The minimum Gasteiger partial charge on any atom is -0.265 e. The second kappa shape index (κ2) is 6.38. The molecular formula is C20H14N4. The van der Waals surface area contributed by atoms with Crippen molar-refractivity contribution in [2.75, 3.05) is 0 Å². The fraction of sp³-hybridized carbons (Fsp3) is 0. The molecule has 3 aromatic heterocycles. The van der Waals surface area contributed by atoms with E-state index in [-0.39, 0.29) is 0 Å². The van der Waals surface area contributed by atoms with E-state index >= 15 is 0 Å². The summed E-state index contributed by atoms with van der Waals surface area (Å²) in [6.07, 6.45) is 10.7. The van der Waals surface area contributed by atoms with E-state index in [1.807, 2.05) is 30.3 Å². The lowest BCUT2D eigenvalue weighted by molar-refractivity contribution is 1.18. The highest BCUT2D eigenvalue weighted by molar-refractivity contribution is 5.79. The molecule has 4 aromatic rings. The Hall–Kier alpha value is -3.40. The van der Waals surface area contributed by atoms with Gasteiger partial charge in [0.1, 0.15) is 0 Å². The van der Waals surface area contributed by atoms with Gasteiger partial charge in [-0.1, -0.05) is 0 Å². The van der Waals surface area contributed by atoms with Crippen molar-refractivity contribution in [1.82, 2.24) is 19.9 Å². The minimum absolute atomic E-state index is 0.712. The third-order valence-electron chi connectivity index (χ3n) is 3.78. The van der Waals surface area contributed by atoms with Crippen LogP contribution in [0.25, 0.3) is 33.6 Å². The average molecular weight is 310 g/mol. The van der Waals surface area contributed by atoms with Crippen molar-refractivity contribution >= 4 is 0 Å². The molecule has 0 amide bonds. The maximum absolute atomic E-state index is 4.38. The van der Waals surface area contributed by atoms with Crippen LogP contribution in [0.3, 0.4) is 0 Å². The molecule has 1 aromatic carbocycles. The smallest absolute Gasteiger partial charge is 0.159 e. The molecule has 114 valence electrons. The van der Waals surface area contributed by atoms with Crippen molar-refractivity contribution in [2.24, 2.45) is 0 Å². The van der Waals surface area contributed by atoms with Gasteiger partial charge in [-0.05, 0) is 70.8 Å². The third-order valence-corrected chi connectivity index (χ3v) is 3.78. The second-order valence-electron chi connectivity index (χ2n) is 5.34. The van der Waals surface area contributed by atoms with Crippen molar-refractivity contribution < 1.29 is 0 Å². The monoisotopic (exact) mass is 310 g/mol. The Morgan fingerprint density at radius 2 is 0.917 bits per heavy atom. The number of hydrogen-bond acceptors (Lipinski definition) is 4. The SMILES string of the molecule is c1cnc(-c2cc(-c3ccncc3)cc(-c3ccncc3)c2)nc1. The molecule has 0 unspecified atom stereocenters. The van der Waals surface area contributed by atoms with Gasteiger partial charge in [0.25, 0.3) is 0 Å². The topological polar surface area (TPSA) is 51.6 Å². The van der Waals surface area contributed by atoms with Crippen molar-refractivity contribution in [3.63, 3.8) is 0 Å². The third kappa shape index (κ3) is 2.90. The Labute approximate surface area is 139 Å². The lowest BCUT2D eigenvalue weighted by Crippen LogP contribution is -1.90. The van der Waals surface area contributed by atoms with E-state index in [4.69, 9.17) is 0 Å². The zero-order valence-corrected chi connectivity index (χ0v) is 12.9. The predicted molar refractivity (Wildman–Crippen MR) is 93.9 cm³/mol. The number of hydrogen-bond donors (Lipinski definition) is 0. The summed E-state index contributed by atoms with van der Waals surface area (Å²) in [4.78, 5) is 17.0. The van der Waals surface area contributed by atoms with Crippen LogP contribution in [0.2, 0.25) is 0 Å². The van der Waals surface area contributed by atoms with Crippen molar-refractivity contribution in [2.45, 2.75) is 0 Å². The van der Waals surface area contributed by atoms with E-state index in [0.717, 1.165) is 27.8 Å². The van der Waals surface area contributed by atoms with Crippen LogP contribution >= 0.6 is 0 Å². The maximum atomic E-state index is 4.38. The van der Waals surface area contributed by atoms with Crippen molar-refractivity contribution in [3.05, 3.63) is 85.7 Å². The molecule has 0 fully saturated rings. The van der Waals surface area contributed by atoms with Gasteiger partial charge in [0.2, 0.25) is 0 Å². The van der Waals surface area contributed by atoms with Gasteiger partial charge in [-0.3, -0.25) is 9.97 Å². The van der Waals surface area contributed by atoms with Crippen LogP contribution < -0.4 is 0 Å². The zero-order chi connectivity index (χ0) is 16.2. The maximum Gasteiger partial charge on any atom is 0.159 e.